The number of carbonyl (C=O) groups is 1. The van der Waals surface area contributed by atoms with Crippen molar-refractivity contribution in [3.05, 3.63) is 64.6 Å². The Labute approximate surface area is 181 Å². The highest BCUT2D eigenvalue weighted by atomic mass is 32.2. The first kappa shape index (κ1) is 20.5. The molecule has 0 bridgehead atoms. The van der Waals surface area contributed by atoms with Crippen molar-refractivity contribution in [1.82, 2.24) is 4.90 Å². The summed E-state index contributed by atoms with van der Waals surface area (Å²) in [4.78, 5) is 19.6. The van der Waals surface area contributed by atoms with E-state index in [9.17, 15) is 4.79 Å². The summed E-state index contributed by atoms with van der Waals surface area (Å²) in [7, 11) is 1.62. The molecule has 2 aliphatic heterocycles. The summed E-state index contributed by atoms with van der Waals surface area (Å²) >= 11 is 1.46. The van der Waals surface area contributed by atoms with E-state index in [-0.39, 0.29) is 5.91 Å². The molecule has 30 heavy (non-hydrogen) atoms. The summed E-state index contributed by atoms with van der Waals surface area (Å²) in [6.07, 6.45) is 4.26. The molecule has 1 saturated heterocycles. The van der Waals surface area contributed by atoms with Crippen molar-refractivity contribution in [3.8, 4) is 11.5 Å². The van der Waals surface area contributed by atoms with Crippen LogP contribution in [0.3, 0.4) is 0 Å². The molecule has 0 aromatic heterocycles. The molecule has 0 radical (unpaired) electrons. The van der Waals surface area contributed by atoms with Gasteiger partial charge in [0.05, 0.1) is 12.0 Å². The largest absolute Gasteiger partial charge is 0.493 e. The van der Waals surface area contributed by atoms with E-state index in [1.807, 2.05) is 54.6 Å². The number of aliphatic imine (C=N–C) groups is 1. The predicted octanol–water partition coefficient (Wildman–Crippen LogP) is 4.98. The van der Waals surface area contributed by atoms with Crippen molar-refractivity contribution in [2.75, 3.05) is 20.2 Å². The molecule has 0 aliphatic carbocycles. The summed E-state index contributed by atoms with van der Waals surface area (Å²) in [6, 6.07) is 15.7. The Morgan fingerprint density at radius 3 is 2.80 bits per heavy atom. The molecule has 0 saturated carbocycles. The van der Waals surface area contributed by atoms with Crippen molar-refractivity contribution >= 4 is 28.9 Å². The number of carbonyl (C=O) groups excluding carboxylic acids is 1. The molecule has 1 fully saturated rings. The zero-order valence-corrected chi connectivity index (χ0v) is 18.2. The molecule has 2 aliphatic rings. The van der Waals surface area contributed by atoms with Crippen LogP contribution in [-0.4, -0.2) is 36.2 Å². The summed E-state index contributed by atoms with van der Waals surface area (Å²) < 4.78 is 11.4. The van der Waals surface area contributed by atoms with Gasteiger partial charge in [0, 0.05) is 13.1 Å². The van der Waals surface area contributed by atoms with Crippen molar-refractivity contribution in [2.45, 2.75) is 26.4 Å². The fourth-order valence-corrected chi connectivity index (χ4v) is 4.62. The zero-order valence-electron chi connectivity index (χ0n) is 17.3. The van der Waals surface area contributed by atoms with Gasteiger partial charge in [0.25, 0.3) is 5.91 Å². The van der Waals surface area contributed by atoms with Gasteiger partial charge in [-0.3, -0.25) is 4.79 Å². The summed E-state index contributed by atoms with van der Waals surface area (Å²) in [5.74, 6) is 1.78. The first-order valence-corrected chi connectivity index (χ1v) is 11.1. The second-order valence-corrected chi connectivity index (χ2v) is 8.70. The van der Waals surface area contributed by atoms with Gasteiger partial charge in [0.2, 0.25) is 0 Å². The minimum atomic E-state index is -0.170. The Morgan fingerprint density at radius 2 is 2.03 bits per heavy atom. The molecule has 1 amide bonds. The molecule has 1 atom stereocenters. The molecular formula is C24H26N2O3S. The van der Waals surface area contributed by atoms with Gasteiger partial charge in [-0.1, -0.05) is 43.3 Å². The van der Waals surface area contributed by atoms with E-state index < -0.39 is 0 Å². The van der Waals surface area contributed by atoms with Gasteiger partial charge in [-0.25, -0.2) is 0 Å². The molecule has 5 nitrogen and oxygen atoms in total. The molecule has 156 valence electrons. The Hall–Kier alpha value is -2.73. The Kier molecular flexibility index (Phi) is 6.43. The van der Waals surface area contributed by atoms with E-state index in [4.69, 9.17) is 9.47 Å². The standard InChI is InChI=1S/C24H26N2O3S/c1-17-7-6-12-26(15-17)24-25-23(27)22(30-24)14-19-10-11-20(21(13-19)28-2)29-16-18-8-4-3-5-9-18/h3-5,8-11,13-14,17H,6-7,12,15-16H2,1-2H3/b22-14-/t17-/m1/s1. The molecule has 0 N–H and O–H groups in total. The van der Waals surface area contributed by atoms with E-state index in [0.29, 0.717) is 28.9 Å². The van der Waals surface area contributed by atoms with E-state index in [1.54, 1.807) is 7.11 Å². The van der Waals surface area contributed by atoms with Crippen LogP contribution in [-0.2, 0) is 11.4 Å². The topological polar surface area (TPSA) is 51.1 Å². The molecular weight excluding hydrogens is 396 g/mol. The molecule has 0 unspecified atom stereocenters. The van der Waals surface area contributed by atoms with Crippen LogP contribution in [0.5, 0.6) is 11.5 Å². The van der Waals surface area contributed by atoms with Crippen LogP contribution in [0.1, 0.15) is 30.9 Å². The first-order valence-electron chi connectivity index (χ1n) is 10.2. The highest BCUT2D eigenvalue weighted by Gasteiger charge is 2.28. The van der Waals surface area contributed by atoms with Gasteiger partial charge in [-0.2, -0.15) is 4.99 Å². The van der Waals surface area contributed by atoms with Crippen LogP contribution in [0.2, 0.25) is 0 Å². The lowest BCUT2D eigenvalue weighted by atomic mass is 10.0. The third-order valence-electron chi connectivity index (χ3n) is 5.26. The lowest BCUT2D eigenvalue weighted by Gasteiger charge is -2.31. The Morgan fingerprint density at radius 1 is 1.20 bits per heavy atom. The number of hydrogen-bond acceptors (Lipinski definition) is 5. The normalized spacial score (nSPS) is 20.4. The predicted molar refractivity (Wildman–Crippen MR) is 122 cm³/mol. The maximum Gasteiger partial charge on any atom is 0.286 e. The van der Waals surface area contributed by atoms with E-state index in [2.05, 4.69) is 16.8 Å². The molecule has 2 aromatic carbocycles. The summed E-state index contributed by atoms with van der Waals surface area (Å²) in [5, 5.41) is 0.826. The molecule has 6 heteroatoms. The average molecular weight is 423 g/mol. The van der Waals surface area contributed by atoms with Crippen LogP contribution in [0.25, 0.3) is 6.08 Å². The Bertz CT molecular complexity index is 972. The van der Waals surface area contributed by atoms with Crippen LogP contribution in [0.15, 0.2) is 58.4 Å². The van der Waals surface area contributed by atoms with Crippen molar-refractivity contribution in [3.63, 3.8) is 0 Å². The third-order valence-corrected chi connectivity index (χ3v) is 6.30. The maximum absolute atomic E-state index is 12.4. The number of piperidine rings is 1. The number of methoxy groups -OCH3 is 1. The summed E-state index contributed by atoms with van der Waals surface area (Å²) in [5.41, 5.74) is 1.98. The van der Waals surface area contributed by atoms with Gasteiger partial charge < -0.3 is 14.4 Å². The third kappa shape index (κ3) is 4.87. The smallest absolute Gasteiger partial charge is 0.286 e. The van der Waals surface area contributed by atoms with Crippen LogP contribution in [0.4, 0.5) is 0 Å². The average Bonchev–Trinajstić information content (AvgIpc) is 3.13. The van der Waals surface area contributed by atoms with Crippen LogP contribution >= 0.6 is 11.8 Å². The molecule has 0 spiro atoms. The van der Waals surface area contributed by atoms with Gasteiger partial charge >= 0.3 is 0 Å². The van der Waals surface area contributed by atoms with Crippen LogP contribution < -0.4 is 9.47 Å². The number of hydrogen-bond donors (Lipinski definition) is 0. The lowest BCUT2D eigenvalue weighted by molar-refractivity contribution is -0.113. The molecule has 2 heterocycles. The number of nitrogens with zero attached hydrogens (tertiary/aromatic N) is 2. The number of thioether (sulfide) groups is 1. The fraction of sp³-hybridized carbons (Fsp3) is 0.333. The van der Waals surface area contributed by atoms with E-state index in [1.165, 1.54) is 18.2 Å². The SMILES string of the molecule is COc1cc(/C=C2\SC(N3CCC[C@@H](C)C3)=NC2=O)ccc1OCc1ccccc1. The van der Waals surface area contributed by atoms with E-state index in [0.717, 1.165) is 35.8 Å². The number of likely N-dealkylation sites (tertiary alicyclic amines) is 1. The highest BCUT2D eigenvalue weighted by Crippen LogP contribution is 2.34. The van der Waals surface area contributed by atoms with Crippen molar-refractivity contribution in [1.29, 1.82) is 0 Å². The van der Waals surface area contributed by atoms with Gasteiger partial charge in [-0.05, 0) is 59.9 Å². The fourth-order valence-electron chi connectivity index (χ4n) is 3.68. The van der Waals surface area contributed by atoms with Crippen molar-refractivity contribution < 1.29 is 14.3 Å². The molecule has 4 rings (SSSR count). The second kappa shape index (κ2) is 9.39. The lowest BCUT2D eigenvalue weighted by Crippen LogP contribution is -2.37. The maximum atomic E-state index is 12.4. The molecule has 2 aromatic rings. The Balaban J connectivity index is 1.45. The van der Waals surface area contributed by atoms with Crippen LogP contribution in [0, 0.1) is 5.92 Å². The number of amidine groups is 1. The monoisotopic (exact) mass is 422 g/mol. The number of rotatable bonds is 5. The summed E-state index contributed by atoms with van der Waals surface area (Å²) in [6.45, 7) is 4.65. The minimum Gasteiger partial charge on any atom is -0.493 e. The van der Waals surface area contributed by atoms with Crippen molar-refractivity contribution in [2.24, 2.45) is 10.9 Å². The van der Waals surface area contributed by atoms with Gasteiger partial charge in [0.1, 0.15) is 6.61 Å². The first-order chi connectivity index (χ1) is 14.6. The van der Waals surface area contributed by atoms with Gasteiger partial charge in [0.15, 0.2) is 16.7 Å². The zero-order chi connectivity index (χ0) is 20.9. The number of amides is 1. The highest BCUT2D eigenvalue weighted by molar-refractivity contribution is 8.18. The van der Waals surface area contributed by atoms with E-state index >= 15 is 0 Å². The minimum absolute atomic E-state index is 0.170. The number of benzene rings is 2. The van der Waals surface area contributed by atoms with Gasteiger partial charge in [-0.15, -0.1) is 0 Å². The second-order valence-electron chi connectivity index (χ2n) is 7.69. The number of ether oxygens (including phenoxy) is 2. The quantitative estimate of drug-likeness (QED) is 0.637.